The Bertz CT molecular complexity index is 795. The van der Waals surface area contributed by atoms with E-state index in [-0.39, 0.29) is 12.3 Å². The molecule has 0 radical (unpaired) electrons. The van der Waals surface area contributed by atoms with Crippen LogP contribution in [0.1, 0.15) is 11.1 Å². The second-order valence-corrected chi connectivity index (χ2v) is 5.83. The Morgan fingerprint density at radius 3 is 2.56 bits per heavy atom. The summed E-state index contributed by atoms with van der Waals surface area (Å²) in [7, 11) is 0. The van der Waals surface area contributed by atoms with Gasteiger partial charge in [0.2, 0.25) is 0 Å². The maximum atomic E-state index is 13.6. The van der Waals surface area contributed by atoms with Crippen molar-refractivity contribution < 1.29 is 23.5 Å². The highest BCUT2D eigenvalue weighted by Crippen LogP contribution is 2.21. The number of aryl methyl sites for hydroxylation is 2. The van der Waals surface area contributed by atoms with Gasteiger partial charge >= 0.3 is 5.97 Å². The average Bonchev–Trinajstić information content (AvgIpc) is 2.55. The lowest BCUT2D eigenvalue weighted by atomic mass is 10.2. The molecule has 0 aliphatic carbocycles. The number of rotatable bonds is 6. The fraction of sp³-hybridized carbons (Fsp3) is 0.222. The van der Waals surface area contributed by atoms with Crippen LogP contribution in [0.2, 0.25) is 5.02 Å². The largest absolute Gasteiger partial charge is 0.482 e. The summed E-state index contributed by atoms with van der Waals surface area (Å²) < 4.78 is 23.7. The maximum Gasteiger partial charge on any atom is 0.344 e. The lowest BCUT2D eigenvalue weighted by molar-refractivity contribution is -0.149. The molecule has 1 amide bonds. The van der Waals surface area contributed by atoms with Crippen molar-refractivity contribution in [3.05, 3.63) is 58.4 Å². The van der Waals surface area contributed by atoms with Crippen LogP contribution in [0.25, 0.3) is 0 Å². The minimum absolute atomic E-state index is 0.0275. The third kappa shape index (κ3) is 5.76. The first-order valence-electron chi connectivity index (χ1n) is 7.45. The van der Waals surface area contributed by atoms with Gasteiger partial charge in [-0.25, -0.2) is 9.18 Å². The highest BCUT2D eigenvalue weighted by atomic mass is 35.5. The van der Waals surface area contributed by atoms with Gasteiger partial charge in [-0.15, -0.1) is 0 Å². The Kier molecular flexibility index (Phi) is 6.36. The van der Waals surface area contributed by atoms with E-state index < -0.39 is 24.3 Å². The van der Waals surface area contributed by atoms with Crippen molar-refractivity contribution in [1.82, 2.24) is 0 Å². The monoisotopic (exact) mass is 365 g/mol. The minimum atomic E-state index is -0.714. The highest BCUT2D eigenvalue weighted by molar-refractivity contribution is 6.30. The van der Waals surface area contributed by atoms with Gasteiger partial charge in [0.05, 0.1) is 5.69 Å². The molecule has 0 saturated heterocycles. The molecular weight excluding hydrogens is 349 g/mol. The van der Waals surface area contributed by atoms with Crippen molar-refractivity contribution in [3.63, 3.8) is 0 Å². The van der Waals surface area contributed by atoms with Crippen molar-refractivity contribution in [2.45, 2.75) is 13.8 Å². The zero-order valence-electron chi connectivity index (χ0n) is 13.8. The SMILES string of the molecule is Cc1ccc(NC(=O)COC(=O)COc2ccc(Cl)cc2C)c(F)c1. The number of hydrogen-bond acceptors (Lipinski definition) is 4. The molecule has 2 aromatic carbocycles. The van der Waals surface area contributed by atoms with Gasteiger partial charge in [-0.05, 0) is 55.3 Å². The number of carbonyl (C=O) groups is 2. The van der Waals surface area contributed by atoms with Gasteiger partial charge < -0.3 is 14.8 Å². The van der Waals surface area contributed by atoms with Crippen LogP contribution in [0.5, 0.6) is 5.75 Å². The molecule has 0 aliphatic rings. The van der Waals surface area contributed by atoms with E-state index in [1.54, 1.807) is 38.1 Å². The summed E-state index contributed by atoms with van der Waals surface area (Å²) in [6.45, 7) is 2.64. The summed E-state index contributed by atoms with van der Waals surface area (Å²) >= 11 is 5.83. The molecule has 5 nitrogen and oxygen atoms in total. The number of ether oxygens (including phenoxy) is 2. The summed E-state index contributed by atoms with van der Waals surface area (Å²) in [4.78, 5) is 23.3. The number of amides is 1. The zero-order valence-corrected chi connectivity index (χ0v) is 14.5. The number of esters is 1. The molecule has 0 spiro atoms. The molecule has 0 fully saturated rings. The molecule has 0 atom stereocenters. The number of carbonyl (C=O) groups excluding carboxylic acids is 2. The van der Waals surface area contributed by atoms with Crippen LogP contribution in [0.15, 0.2) is 36.4 Å². The van der Waals surface area contributed by atoms with E-state index in [2.05, 4.69) is 5.32 Å². The molecule has 0 aliphatic heterocycles. The Balaban J connectivity index is 1.78. The first kappa shape index (κ1) is 18.7. The van der Waals surface area contributed by atoms with Crippen LogP contribution in [0, 0.1) is 19.7 Å². The van der Waals surface area contributed by atoms with E-state index in [1.165, 1.54) is 12.1 Å². The van der Waals surface area contributed by atoms with E-state index in [0.29, 0.717) is 10.8 Å². The van der Waals surface area contributed by atoms with Crippen molar-refractivity contribution in [1.29, 1.82) is 0 Å². The Labute approximate surface area is 149 Å². The number of anilines is 1. The van der Waals surface area contributed by atoms with Crippen LogP contribution < -0.4 is 10.1 Å². The van der Waals surface area contributed by atoms with Gasteiger partial charge in [-0.3, -0.25) is 4.79 Å². The predicted octanol–water partition coefficient (Wildman–Crippen LogP) is 3.66. The second kappa shape index (κ2) is 8.48. The van der Waals surface area contributed by atoms with Crippen LogP contribution in [0.4, 0.5) is 10.1 Å². The van der Waals surface area contributed by atoms with Gasteiger partial charge in [0, 0.05) is 5.02 Å². The van der Waals surface area contributed by atoms with Crippen molar-refractivity contribution in [3.8, 4) is 5.75 Å². The molecular formula is C18H17ClFNO4. The number of nitrogens with one attached hydrogen (secondary N) is 1. The smallest absolute Gasteiger partial charge is 0.344 e. The third-order valence-corrected chi connectivity index (χ3v) is 3.48. The van der Waals surface area contributed by atoms with E-state index in [9.17, 15) is 14.0 Å². The van der Waals surface area contributed by atoms with Gasteiger partial charge in [-0.1, -0.05) is 17.7 Å². The molecule has 0 aromatic heterocycles. The summed E-state index contributed by atoms with van der Waals surface area (Å²) in [5.41, 5.74) is 1.53. The van der Waals surface area contributed by atoms with Gasteiger partial charge in [0.1, 0.15) is 11.6 Å². The fourth-order valence-corrected chi connectivity index (χ4v) is 2.23. The molecule has 132 valence electrons. The standard InChI is InChI=1S/C18H17ClFNO4/c1-11-3-5-15(14(20)7-11)21-17(22)9-25-18(23)10-24-16-6-4-13(19)8-12(16)2/h3-8H,9-10H2,1-2H3,(H,21,22). The fourth-order valence-electron chi connectivity index (χ4n) is 2.01. The Morgan fingerprint density at radius 2 is 1.88 bits per heavy atom. The number of halogens is 2. The molecule has 7 heteroatoms. The molecule has 2 aromatic rings. The molecule has 0 heterocycles. The topological polar surface area (TPSA) is 64.6 Å². The van der Waals surface area contributed by atoms with Crippen molar-refractivity contribution in [2.75, 3.05) is 18.5 Å². The number of benzene rings is 2. The van der Waals surface area contributed by atoms with Gasteiger partial charge in [0.15, 0.2) is 13.2 Å². The summed E-state index contributed by atoms with van der Waals surface area (Å²) in [6.07, 6.45) is 0. The molecule has 0 saturated carbocycles. The average molecular weight is 366 g/mol. The maximum absolute atomic E-state index is 13.6. The first-order valence-corrected chi connectivity index (χ1v) is 7.83. The Morgan fingerprint density at radius 1 is 1.12 bits per heavy atom. The van der Waals surface area contributed by atoms with Crippen LogP contribution in [-0.2, 0) is 14.3 Å². The van der Waals surface area contributed by atoms with Gasteiger partial charge in [-0.2, -0.15) is 0 Å². The van der Waals surface area contributed by atoms with Crippen LogP contribution >= 0.6 is 11.6 Å². The van der Waals surface area contributed by atoms with Crippen LogP contribution in [-0.4, -0.2) is 25.1 Å². The van der Waals surface area contributed by atoms with E-state index >= 15 is 0 Å². The molecule has 0 unspecified atom stereocenters. The highest BCUT2D eigenvalue weighted by Gasteiger charge is 2.11. The predicted molar refractivity (Wildman–Crippen MR) is 92.4 cm³/mol. The molecule has 25 heavy (non-hydrogen) atoms. The lowest BCUT2D eigenvalue weighted by Crippen LogP contribution is -2.24. The van der Waals surface area contributed by atoms with E-state index in [4.69, 9.17) is 21.1 Å². The van der Waals surface area contributed by atoms with Crippen LogP contribution in [0.3, 0.4) is 0 Å². The first-order chi connectivity index (χ1) is 11.8. The second-order valence-electron chi connectivity index (χ2n) is 5.39. The summed E-state index contributed by atoms with van der Waals surface area (Å²) in [5, 5.41) is 2.90. The third-order valence-electron chi connectivity index (χ3n) is 3.25. The molecule has 2 rings (SSSR count). The van der Waals surface area contributed by atoms with E-state index in [0.717, 1.165) is 11.1 Å². The summed E-state index contributed by atoms with van der Waals surface area (Å²) in [6, 6.07) is 9.37. The molecule has 0 bridgehead atoms. The summed E-state index contributed by atoms with van der Waals surface area (Å²) in [5.74, 6) is -1.42. The number of hydrogen-bond donors (Lipinski definition) is 1. The van der Waals surface area contributed by atoms with Crippen molar-refractivity contribution in [2.24, 2.45) is 0 Å². The normalized spacial score (nSPS) is 10.2. The minimum Gasteiger partial charge on any atom is -0.482 e. The zero-order chi connectivity index (χ0) is 18.4. The Hall–Kier alpha value is -2.60. The van der Waals surface area contributed by atoms with E-state index in [1.807, 2.05) is 0 Å². The van der Waals surface area contributed by atoms with Crippen molar-refractivity contribution >= 4 is 29.2 Å². The molecule has 1 N–H and O–H groups in total. The van der Waals surface area contributed by atoms with Gasteiger partial charge in [0.25, 0.3) is 5.91 Å². The lowest BCUT2D eigenvalue weighted by Gasteiger charge is -2.10. The quantitative estimate of drug-likeness (QED) is 0.793.